The van der Waals surface area contributed by atoms with Crippen molar-refractivity contribution < 1.29 is 14.6 Å². The van der Waals surface area contributed by atoms with Crippen LogP contribution in [0.25, 0.3) is 0 Å². The second kappa shape index (κ2) is 8.90. The fraction of sp³-hybridized carbons (Fsp3) is 0.368. The van der Waals surface area contributed by atoms with Gasteiger partial charge in [-0.1, -0.05) is 29.8 Å². The highest BCUT2D eigenvalue weighted by molar-refractivity contribution is 9.10. The highest BCUT2D eigenvalue weighted by atomic mass is 79.9. The van der Waals surface area contributed by atoms with Gasteiger partial charge in [-0.3, -0.25) is 0 Å². The van der Waals surface area contributed by atoms with Crippen molar-refractivity contribution in [2.45, 2.75) is 32.5 Å². The molecule has 0 saturated heterocycles. The predicted octanol–water partition coefficient (Wildman–Crippen LogP) is 4.55. The highest BCUT2D eigenvalue weighted by Gasteiger charge is 2.17. The van der Waals surface area contributed by atoms with Gasteiger partial charge in [0.1, 0.15) is 6.61 Å². The van der Waals surface area contributed by atoms with Crippen LogP contribution in [-0.2, 0) is 13.2 Å². The number of methoxy groups -OCH3 is 1. The quantitative estimate of drug-likeness (QED) is 0.647. The van der Waals surface area contributed by atoms with Crippen LogP contribution in [0.4, 0.5) is 0 Å². The topological polar surface area (TPSA) is 50.7 Å². The van der Waals surface area contributed by atoms with E-state index in [1.807, 2.05) is 50.2 Å². The molecule has 136 valence electrons. The summed E-state index contributed by atoms with van der Waals surface area (Å²) in [4.78, 5) is 0. The molecule has 0 atom stereocenters. The van der Waals surface area contributed by atoms with Crippen molar-refractivity contribution in [3.05, 3.63) is 57.0 Å². The minimum absolute atomic E-state index is 0.0599. The van der Waals surface area contributed by atoms with Gasteiger partial charge in [-0.25, -0.2) is 0 Å². The summed E-state index contributed by atoms with van der Waals surface area (Å²) in [6.45, 7) is 4.90. The summed E-state index contributed by atoms with van der Waals surface area (Å²) in [5.41, 5.74) is 1.59. The van der Waals surface area contributed by atoms with E-state index in [2.05, 4.69) is 21.2 Å². The fourth-order valence-electron chi connectivity index (χ4n) is 2.18. The van der Waals surface area contributed by atoms with Gasteiger partial charge < -0.3 is 19.9 Å². The standard InChI is InChI=1S/C19H23BrClNO3/c1-19(2,12-23)22-10-13-8-15(20)18(17(9-13)24-3)25-11-14-6-4-5-7-16(14)21/h4-9,22-23H,10-12H2,1-3H3. The minimum atomic E-state index is -0.348. The summed E-state index contributed by atoms with van der Waals surface area (Å²) in [6, 6.07) is 11.5. The molecule has 4 nitrogen and oxygen atoms in total. The molecule has 0 fully saturated rings. The monoisotopic (exact) mass is 427 g/mol. The number of ether oxygens (including phenoxy) is 2. The molecule has 0 saturated carbocycles. The number of rotatable bonds is 8. The van der Waals surface area contributed by atoms with Gasteiger partial charge in [0, 0.05) is 22.7 Å². The summed E-state index contributed by atoms with van der Waals surface area (Å²) < 4.78 is 12.2. The molecule has 2 aromatic rings. The molecular formula is C19H23BrClNO3. The summed E-state index contributed by atoms with van der Waals surface area (Å²) in [6.07, 6.45) is 0. The van der Waals surface area contributed by atoms with Crippen molar-refractivity contribution in [1.29, 1.82) is 0 Å². The molecule has 2 aromatic carbocycles. The van der Waals surface area contributed by atoms with Crippen LogP contribution in [-0.4, -0.2) is 24.4 Å². The Hall–Kier alpha value is -1.27. The maximum atomic E-state index is 9.34. The molecule has 6 heteroatoms. The zero-order chi connectivity index (χ0) is 18.4. The SMILES string of the molecule is COc1cc(CNC(C)(C)CO)cc(Br)c1OCc1ccccc1Cl. The van der Waals surface area contributed by atoms with E-state index >= 15 is 0 Å². The molecule has 0 aliphatic rings. The number of nitrogens with one attached hydrogen (secondary N) is 1. The Kier molecular flexibility index (Phi) is 7.14. The molecule has 2 N–H and O–H groups in total. The molecule has 25 heavy (non-hydrogen) atoms. The first kappa shape index (κ1) is 20.0. The van der Waals surface area contributed by atoms with Gasteiger partial charge >= 0.3 is 0 Å². The lowest BCUT2D eigenvalue weighted by Crippen LogP contribution is -2.42. The van der Waals surface area contributed by atoms with E-state index in [0.29, 0.717) is 29.7 Å². The smallest absolute Gasteiger partial charge is 0.175 e. The van der Waals surface area contributed by atoms with Gasteiger partial charge in [0.05, 0.1) is 18.2 Å². The van der Waals surface area contributed by atoms with E-state index in [9.17, 15) is 5.11 Å². The number of benzene rings is 2. The first-order chi connectivity index (χ1) is 11.9. The van der Waals surface area contributed by atoms with Crippen molar-refractivity contribution in [3.8, 4) is 11.5 Å². The van der Waals surface area contributed by atoms with E-state index in [1.54, 1.807) is 7.11 Å². The van der Waals surface area contributed by atoms with Crippen LogP contribution in [0.3, 0.4) is 0 Å². The first-order valence-electron chi connectivity index (χ1n) is 7.95. The van der Waals surface area contributed by atoms with Crippen molar-refractivity contribution in [2.75, 3.05) is 13.7 Å². The van der Waals surface area contributed by atoms with Crippen molar-refractivity contribution >= 4 is 27.5 Å². The summed E-state index contributed by atoms with van der Waals surface area (Å²) in [5, 5.41) is 13.3. The third-order valence-electron chi connectivity index (χ3n) is 3.79. The maximum absolute atomic E-state index is 9.34. The lowest BCUT2D eigenvalue weighted by atomic mass is 10.1. The molecule has 0 unspecified atom stereocenters. The minimum Gasteiger partial charge on any atom is -0.493 e. The van der Waals surface area contributed by atoms with Gasteiger partial charge in [0.2, 0.25) is 0 Å². The third kappa shape index (κ3) is 5.61. The van der Waals surface area contributed by atoms with Crippen LogP contribution < -0.4 is 14.8 Å². The number of hydrogen-bond donors (Lipinski definition) is 2. The molecule has 0 radical (unpaired) electrons. The summed E-state index contributed by atoms with van der Waals surface area (Å²) in [5.74, 6) is 1.27. The highest BCUT2D eigenvalue weighted by Crippen LogP contribution is 2.37. The van der Waals surface area contributed by atoms with E-state index in [1.165, 1.54) is 0 Å². The molecule has 2 rings (SSSR count). The molecule has 0 aromatic heterocycles. The van der Waals surface area contributed by atoms with Crippen molar-refractivity contribution in [3.63, 3.8) is 0 Å². The average Bonchev–Trinajstić information content (AvgIpc) is 2.60. The molecule has 0 bridgehead atoms. The normalized spacial score (nSPS) is 11.4. The van der Waals surface area contributed by atoms with E-state index < -0.39 is 0 Å². The van der Waals surface area contributed by atoms with Gasteiger partial charge in [-0.05, 0) is 53.5 Å². The Morgan fingerprint density at radius 3 is 2.60 bits per heavy atom. The second-order valence-electron chi connectivity index (χ2n) is 6.38. The lowest BCUT2D eigenvalue weighted by molar-refractivity contribution is 0.187. The first-order valence-corrected chi connectivity index (χ1v) is 9.12. The number of aliphatic hydroxyl groups excluding tert-OH is 1. The van der Waals surface area contributed by atoms with E-state index in [0.717, 1.165) is 15.6 Å². The number of halogens is 2. The van der Waals surface area contributed by atoms with Crippen LogP contribution in [0.1, 0.15) is 25.0 Å². The molecule has 0 heterocycles. The third-order valence-corrected chi connectivity index (χ3v) is 4.74. The van der Waals surface area contributed by atoms with E-state index in [4.69, 9.17) is 21.1 Å². The predicted molar refractivity (Wildman–Crippen MR) is 104 cm³/mol. The Morgan fingerprint density at radius 2 is 1.96 bits per heavy atom. The van der Waals surface area contributed by atoms with Crippen LogP contribution in [0, 0.1) is 0 Å². The van der Waals surface area contributed by atoms with Crippen molar-refractivity contribution in [1.82, 2.24) is 5.32 Å². The zero-order valence-corrected chi connectivity index (χ0v) is 16.9. The number of aliphatic hydroxyl groups is 1. The van der Waals surface area contributed by atoms with Gasteiger partial charge in [-0.15, -0.1) is 0 Å². The maximum Gasteiger partial charge on any atom is 0.175 e. The van der Waals surface area contributed by atoms with Crippen LogP contribution in [0.15, 0.2) is 40.9 Å². The Bertz CT molecular complexity index is 722. The largest absolute Gasteiger partial charge is 0.493 e. The molecule has 0 aliphatic heterocycles. The van der Waals surface area contributed by atoms with Gasteiger partial charge in [0.25, 0.3) is 0 Å². The van der Waals surface area contributed by atoms with Crippen LogP contribution >= 0.6 is 27.5 Å². The second-order valence-corrected chi connectivity index (χ2v) is 7.65. The van der Waals surface area contributed by atoms with Crippen LogP contribution in [0.2, 0.25) is 5.02 Å². The molecule has 0 amide bonds. The Morgan fingerprint density at radius 1 is 1.24 bits per heavy atom. The lowest BCUT2D eigenvalue weighted by Gasteiger charge is -2.24. The van der Waals surface area contributed by atoms with Gasteiger partial charge in [0.15, 0.2) is 11.5 Å². The fourth-order valence-corrected chi connectivity index (χ4v) is 2.97. The molecular weight excluding hydrogens is 406 g/mol. The average molecular weight is 429 g/mol. The Balaban J connectivity index is 2.15. The molecule has 0 aliphatic carbocycles. The van der Waals surface area contributed by atoms with Gasteiger partial charge in [-0.2, -0.15) is 0 Å². The molecule has 0 spiro atoms. The Labute approximate surface area is 162 Å². The summed E-state index contributed by atoms with van der Waals surface area (Å²) in [7, 11) is 1.61. The zero-order valence-electron chi connectivity index (χ0n) is 14.6. The summed E-state index contributed by atoms with van der Waals surface area (Å²) >= 11 is 9.73. The van der Waals surface area contributed by atoms with Crippen LogP contribution in [0.5, 0.6) is 11.5 Å². The van der Waals surface area contributed by atoms with Crippen molar-refractivity contribution in [2.24, 2.45) is 0 Å². The van der Waals surface area contributed by atoms with E-state index in [-0.39, 0.29) is 12.1 Å². The number of hydrogen-bond acceptors (Lipinski definition) is 4.